The van der Waals surface area contributed by atoms with Crippen molar-refractivity contribution < 1.29 is 0 Å². The van der Waals surface area contributed by atoms with Crippen LogP contribution in [0.25, 0.3) is 5.65 Å². The SMILES string of the molecule is CC(C)(C)NCCSc1nnc2ccccn12. The maximum atomic E-state index is 4.18. The number of thioether (sulfide) groups is 1. The average molecular weight is 250 g/mol. The predicted molar refractivity (Wildman–Crippen MR) is 71.5 cm³/mol. The summed E-state index contributed by atoms with van der Waals surface area (Å²) in [6.45, 7) is 7.48. The van der Waals surface area contributed by atoms with Gasteiger partial charge in [-0.25, -0.2) is 0 Å². The molecule has 0 fully saturated rings. The van der Waals surface area contributed by atoms with Gasteiger partial charge in [0, 0.05) is 24.0 Å². The number of fused-ring (bicyclic) bond motifs is 1. The van der Waals surface area contributed by atoms with Crippen LogP contribution in [0.2, 0.25) is 0 Å². The fraction of sp³-hybridized carbons (Fsp3) is 0.500. The molecule has 2 rings (SSSR count). The van der Waals surface area contributed by atoms with E-state index in [1.54, 1.807) is 11.8 Å². The molecule has 5 heteroatoms. The Hall–Kier alpha value is -1.07. The third kappa shape index (κ3) is 3.44. The Kier molecular flexibility index (Phi) is 3.69. The fourth-order valence-electron chi connectivity index (χ4n) is 1.49. The van der Waals surface area contributed by atoms with E-state index in [1.165, 1.54) is 0 Å². The molecule has 1 N–H and O–H groups in total. The highest BCUT2D eigenvalue weighted by molar-refractivity contribution is 7.99. The normalized spacial score (nSPS) is 12.2. The van der Waals surface area contributed by atoms with Crippen LogP contribution in [0.4, 0.5) is 0 Å². The Morgan fingerprint density at radius 1 is 1.29 bits per heavy atom. The molecule has 2 heterocycles. The van der Waals surface area contributed by atoms with Gasteiger partial charge in [-0.15, -0.1) is 10.2 Å². The topological polar surface area (TPSA) is 42.2 Å². The molecule has 0 aliphatic heterocycles. The molecule has 17 heavy (non-hydrogen) atoms. The number of aromatic nitrogens is 3. The smallest absolute Gasteiger partial charge is 0.195 e. The molecule has 0 amide bonds. The first-order chi connectivity index (χ1) is 8.06. The van der Waals surface area contributed by atoms with E-state index in [9.17, 15) is 0 Å². The van der Waals surface area contributed by atoms with Gasteiger partial charge in [0.25, 0.3) is 0 Å². The molecule has 0 aromatic carbocycles. The number of rotatable bonds is 4. The van der Waals surface area contributed by atoms with Crippen LogP contribution in [0.5, 0.6) is 0 Å². The van der Waals surface area contributed by atoms with Gasteiger partial charge in [0.05, 0.1) is 0 Å². The Bertz CT molecular complexity index is 486. The second kappa shape index (κ2) is 5.06. The number of nitrogens with zero attached hydrogens (tertiary/aromatic N) is 3. The van der Waals surface area contributed by atoms with Crippen LogP contribution in [-0.2, 0) is 0 Å². The zero-order chi connectivity index (χ0) is 12.3. The highest BCUT2D eigenvalue weighted by Gasteiger charge is 2.09. The lowest BCUT2D eigenvalue weighted by Gasteiger charge is -2.19. The summed E-state index contributed by atoms with van der Waals surface area (Å²) in [6, 6.07) is 5.93. The summed E-state index contributed by atoms with van der Waals surface area (Å²) in [6.07, 6.45) is 1.99. The first-order valence-corrected chi connectivity index (χ1v) is 6.72. The summed E-state index contributed by atoms with van der Waals surface area (Å²) in [7, 11) is 0. The van der Waals surface area contributed by atoms with Gasteiger partial charge in [-0.05, 0) is 32.9 Å². The lowest BCUT2D eigenvalue weighted by Crippen LogP contribution is -2.37. The van der Waals surface area contributed by atoms with Gasteiger partial charge in [-0.2, -0.15) is 0 Å². The Morgan fingerprint density at radius 3 is 2.88 bits per heavy atom. The first kappa shape index (κ1) is 12.4. The summed E-state index contributed by atoms with van der Waals surface area (Å²) in [5.41, 5.74) is 1.08. The van der Waals surface area contributed by atoms with Crippen LogP contribution in [0.15, 0.2) is 29.6 Å². The molecular formula is C12H18N4S. The van der Waals surface area contributed by atoms with E-state index in [-0.39, 0.29) is 5.54 Å². The van der Waals surface area contributed by atoms with E-state index in [2.05, 4.69) is 36.3 Å². The van der Waals surface area contributed by atoms with E-state index >= 15 is 0 Å². The van der Waals surface area contributed by atoms with Gasteiger partial charge in [-0.1, -0.05) is 17.8 Å². The molecule has 2 aromatic heterocycles. The van der Waals surface area contributed by atoms with Crippen molar-refractivity contribution in [2.24, 2.45) is 0 Å². The fourth-order valence-corrected chi connectivity index (χ4v) is 2.26. The van der Waals surface area contributed by atoms with Gasteiger partial charge >= 0.3 is 0 Å². The van der Waals surface area contributed by atoms with E-state index in [0.29, 0.717) is 0 Å². The van der Waals surface area contributed by atoms with Crippen LogP contribution in [0.3, 0.4) is 0 Å². The molecule has 0 radical (unpaired) electrons. The summed E-state index contributed by atoms with van der Waals surface area (Å²) in [4.78, 5) is 0. The molecule has 0 bridgehead atoms. The lowest BCUT2D eigenvalue weighted by atomic mass is 10.1. The molecule has 0 aliphatic carbocycles. The summed E-state index contributed by atoms with van der Waals surface area (Å²) in [5.74, 6) is 0.993. The molecular weight excluding hydrogens is 232 g/mol. The maximum absolute atomic E-state index is 4.18. The predicted octanol–water partition coefficient (Wildman–Crippen LogP) is 2.21. The van der Waals surface area contributed by atoms with Crippen molar-refractivity contribution >= 4 is 17.4 Å². The van der Waals surface area contributed by atoms with Crippen LogP contribution in [0, 0.1) is 0 Å². The minimum Gasteiger partial charge on any atom is -0.311 e. The molecule has 0 unspecified atom stereocenters. The highest BCUT2D eigenvalue weighted by atomic mass is 32.2. The second-order valence-corrected chi connectivity index (χ2v) is 6.00. The van der Waals surface area contributed by atoms with E-state index < -0.39 is 0 Å². The van der Waals surface area contributed by atoms with E-state index in [1.807, 2.05) is 28.8 Å². The van der Waals surface area contributed by atoms with Crippen molar-refractivity contribution in [2.45, 2.75) is 31.5 Å². The Balaban J connectivity index is 1.91. The first-order valence-electron chi connectivity index (χ1n) is 5.74. The van der Waals surface area contributed by atoms with Crippen molar-refractivity contribution in [3.05, 3.63) is 24.4 Å². The third-order valence-electron chi connectivity index (χ3n) is 2.27. The van der Waals surface area contributed by atoms with Gasteiger partial charge < -0.3 is 5.32 Å². The molecule has 0 saturated heterocycles. The van der Waals surface area contributed by atoms with Crippen LogP contribution >= 0.6 is 11.8 Å². The largest absolute Gasteiger partial charge is 0.311 e. The Morgan fingerprint density at radius 2 is 2.12 bits per heavy atom. The molecule has 0 aliphatic rings. The zero-order valence-electron chi connectivity index (χ0n) is 10.5. The monoisotopic (exact) mass is 250 g/mol. The van der Waals surface area contributed by atoms with E-state index in [0.717, 1.165) is 23.1 Å². The van der Waals surface area contributed by atoms with Crippen molar-refractivity contribution in [3.8, 4) is 0 Å². The molecule has 4 nitrogen and oxygen atoms in total. The minimum atomic E-state index is 0.174. The molecule has 0 atom stereocenters. The maximum Gasteiger partial charge on any atom is 0.195 e. The van der Waals surface area contributed by atoms with Gasteiger partial charge in [0.1, 0.15) is 0 Å². The van der Waals surface area contributed by atoms with Gasteiger partial charge in [-0.3, -0.25) is 4.40 Å². The minimum absolute atomic E-state index is 0.174. The van der Waals surface area contributed by atoms with Crippen molar-refractivity contribution in [1.82, 2.24) is 19.9 Å². The highest BCUT2D eigenvalue weighted by Crippen LogP contribution is 2.15. The summed E-state index contributed by atoms with van der Waals surface area (Å²) >= 11 is 1.72. The van der Waals surface area contributed by atoms with Gasteiger partial charge in [0.2, 0.25) is 0 Å². The van der Waals surface area contributed by atoms with E-state index in [4.69, 9.17) is 0 Å². The van der Waals surface area contributed by atoms with Crippen LogP contribution in [0.1, 0.15) is 20.8 Å². The molecule has 2 aromatic rings. The quantitative estimate of drug-likeness (QED) is 0.667. The third-order valence-corrected chi connectivity index (χ3v) is 3.22. The standard InChI is InChI=1S/C12H18N4S/c1-12(2,3)13-7-9-17-11-15-14-10-6-4-5-8-16(10)11/h4-6,8,13H,7,9H2,1-3H3. The molecule has 0 saturated carbocycles. The van der Waals surface area contributed by atoms with Gasteiger partial charge in [0.15, 0.2) is 10.8 Å². The average Bonchev–Trinajstić information content (AvgIpc) is 2.67. The zero-order valence-corrected chi connectivity index (χ0v) is 11.3. The van der Waals surface area contributed by atoms with Crippen LogP contribution < -0.4 is 5.32 Å². The van der Waals surface area contributed by atoms with Crippen molar-refractivity contribution in [2.75, 3.05) is 12.3 Å². The summed E-state index contributed by atoms with van der Waals surface area (Å²) < 4.78 is 2.02. The number of pyridine rings is 1. The Labute approximate surface area is 106 Å². The summed E-state index contributed by atoms with van der Waals surface area (Å²) in [5, 5.41) is 12.7. The molecule has 0 spiro atoms. The van der Waals surface area contributed by atoms with Crippen molar-refractivity contribution in [3.63, 3.8) is 0 Å². The number of hydrogen-bond donors (Lipinski definition) is 1. The lowest BCUT2D eigenvalue weighted by molar-refractivity contribution is 0.441. The van der Waals surface area contributed by atoms with Crippen molar-refractivity contribution in [1.29, 1.82) is 0 Å². The number of nitrogens with one attached hydrogen (secondary N) is 1. The number of hydrogen-bond acceptors (Lipinski definition) is 4. The van der Waals surface area contributed by atoms with Crippen LogP contribution in [-0.4, -0.2) is 32.4 Å². The second-order valence-electron chi connectivity index (χ2n) is 4.94. The molecule has 92 valence electrons.